The van der Waals surface area contributed by atoms with E-state index < -0.39 is 17.8 Å². The van der Waals surface area contributed by atoms with Crippen molar-refractivity contribution in [3.8, 4) is 0 Å². The minimum absolute atomic E-state index is 0.0804. The molecule has 7 heteroatoms. The number of aliphatic carboxylic acids is 1. The third-order valence-electron chi connectivity index (χ3n) is 5.31. The summed E-state index contributed by atoms with van der Waals surface area (Å²) in [5.41, 5.74) is 0. The maximum atomic E-state index is 12.6. The van der Waals surface area contributed by atoms with Crippen LogP contribution in [0.5, 0.6) is 0 Å². The van der Waals surface area contributed by atoms with Crippen LogP contribution in [0.15, 0.2) is 0 Å². The first-order valence-corrected chi connectivity index (χ1v) is 8.46. The largest absolute Gasteiger partial charge is 0.481 e. The fraction of sp³-hybridized carbons (Fsp3) is 0.812. The monoisotopic (exact) mass is 324 g/mol. The lowest BCUT2D eigenvalue weighted by Gasteiger charge is -2.40. The Kier molecular flexibility index (Phi) is 4.84. The van der Waals surface area contributed by atoms with E-state index in [0.29, 0.717) is 52.2 Å². The van der Waals surface area contributed by atoms with E-state index in [1.807, 2.05) is 4.90 Å². The van der Waals surface area contributed by atoms with Gasteiger partial charge in [0.05, 0.1) is 31.0 Å². The van der Waals surface area contributed by atoms with Gasteiger partial charge in [0, 0.05) is 26.2 Å². The zero-order valence-corrected chi connectivity index (χ0v) is 13.3. The van der Waals surface area contributed by atoms with Gasteiger partial charge in [-0.15, -0.1) is 0 Å². The van der Waals surface area contributed by atoms with Crippen LogP contribution < -0.4 is 0 Å². The number of hydrogen-bond acceptors (Lipinski definition) is 4. The highest BCUT2D eigenvalue weighted by atomic mass is 16.5. The van der Waals surface area contributed by atoms with E-state index in [0.717, 1.165) is 12.8 Å². The molecule has 1 aliphatic carbocycles. The summed E-state index contributed by atoms with van der Waals surface area (Å²) in [4.78, 5) is 39.8. The molecule has 0 aromatic rings. The van der Waals surface area contributed by atoms with Gasteiger partial charge in [0.2, 0.25) is 11.8 Å². The van der Waals surface area contributed by atoms with E-state index in [9.17, 15) is 14.4 Å². The Hall–Kier alpha value is -1.63. The third-order valence-corrected chi connectivity index (χ3v) is 5.31. The molecule has 0 aromatic carbocycles. The second-order valence-electron chi connectivity index (χ2n) is 6.69. The Bertz CT molecular complexity index is 489. The van der Waals surface area contributed by atoms with E-state index in [2.05, 4.69) is 0 Å². The molecule has 2 heterocycles. The van der Waals surface area contributed by atoms with Crippen LogP contribution in [0.25, 0.3) is 0 Å². The molecule has 23 heavy (non-hydrogen) atoms. The quantitative estimate of drug-likeness (QED) is 0.801. The molecule has 1 saturated carbocycles. The second kappa shape index (κ2) is 6.86. The lowest BCUT2D eigenvalue weighted by molar-refractivity contribution is -0.158. The van der Waals surface area contributed by atoms with Crippen molar-refractivity contribution >= 4 is 17.8 Å². The smallest absolute Gasteiger partial charge is 0.307 e. The topological polar surface area (TPSA) is 87.2 Å². The van der Waals surface area contributed by atoms with Crippen molar-refractivity contribution in [2.24, 2.45) is 17.8 Å². The predicted molar refractivity (Wildman–Crippen MR) is 80.6 cm³/mol. The average Bonchev–Trinajstić information content (AvgIpc) is 2.53. The Morgan fingerprint density at radius 2 is 1.57 bits per heavy atom. The van der Waals surface area contributed by atoms with Crippen LogP contribution in [0, 0.1) is 17.8 Å². The zero-order chi connectivity index (χ0) is 16.4. The number of morpholine rings is 1. The van der Waals surface area contributed by atoms with Crippen LogP contribution in [0.2, 0.25) is 0 Å². The highest BCUT2D eigenvalue weighted by Crippen LogP contribution is 2.36. The second-order valence-corrected chi connectivity index (χ2v) is 6.69. The summed E-state index contributed by atoms with van der Waals surface area (Å²) in [5.74, 6) is -1.96. The summed E-state index contributed by atoms with van der Waals surface area (Å²) in [7, 11) is 0. The van der Waals surface area contributed by atoms with Gasteiger partial charge in [-0.05, 0) is 25.7 Å². The Labute approximate surface area is 135 Å². The Balaban J connectivity index is 1.58. The van der Waals surface area contributed by atoms with Gasteiger partial charge in [-0.3, -0.25) is 14.4 Å². The average molecular weight is 324 g/mol. The number of piperidine rings is 1. The Morgan fingerprint density at radius 3 is 2.17 bits per heavy atom. The molecular formula is C16H24N2O5. The van der Waals surface area contributed by atoms with Gasteiger partial charge in [0.25, 0.3) is 0 Å². The summed E-state index contributed by atoms with van der Waals surface area (Å²) < 4.78 is 5.27. The summed E-state index contributed by atoms with van der Waals surface area (Å²) in [6.45, 7) is 3.44. The fourth-order valence-corrected chi connectivity index (χ4v) is 3.75. The molecule has 3 unspecified atom stereocenters. The molecule has 0 spiro atoms. The van der Waals surface area contributed by atoms with Crippen molar-refractivity contribution in [1.29, 1.82) is 0 Å². The molecule has 2 amide bonds. The zero-order valence-electron chi connectivity index (χ0n) is 13.3. The lowest BCUT2D eigenvalue weighted by Crippen LogP contribution is -2.52. The van der Waals surface area contributed by atoms with Gasteiger partial charge in [-0.1, -0.05) is 0 Å². The fourth-order valence-electron chi connectivity index (χ4n) is 3.75. The molecule has 0 bridgehead atoms. The van der Waals surface area contributed by atoms with Crippen LogP contribution in [-0.2, 0) is 19.1 Å². The maximum absolute atomic E-state index is 12.6. The number of ether oxygens (including phenoxy) is 1. The lowest BCUT2D eigenvalue weighted by atomic mass is 9.72. The van der Waals surface area contributed by atoms with Gasteiger partial charge in [0.1, 0.15) is 0 Å². The first-order chi connectivity index (χ1) is 11.1. The van der Waals surface area contributed by atoms with Crippen molar-refractivity contribution in [2.75, 3.05) is 39.4 Å². The van der Waals surface area contributed by atoms with E-state index in [1.54, 1.807) is 4.90 Å². The SMILES string of the molecule is O=C(O)C1CCC1C(=O)N1CCCC(C(=O)N2CCOCC2)C1. The number of carboxylic acids is 1. The van der Waals surface area contributed by atoms with Crippen molar-refractivity contribution in [1.82, 2.24) is 9.80 Å². The molecule has 1 N–H and O–H groups in total. The van der Waals surface area contributed by atoms with Gasteiger partial charge >= 0.3 is 5.97 Å². The minimum atomic E-state index is -0.882. The molecule has 3 fully saturated rings. The Morgan fingerprint density at radius 1 is 0.870 bits per heavy atom. The van der Waals surface area contributed by atoms with E-state index in [1.165, 1.54) is 0 Å². The number of nitrogens with zero attached hydrogens (tertiary/aromatic N) is 2. The molecule has 2 saturated heterocycles. The highest BCUT2D eigenvalue weighted by molar-refractivity contribution is 5.87. The number of carboxylic acid groups (broad SMARTS) is 1. The molecule has 2 aliphatic heterocycles. The summed E-state index contributed by atoms with van der Waals surface area (Å²) in [6, 6.07) is 0. The molecule has 3 aliphatic rings. The number of carbonyl (C=O) groups is 3. The molecule has 7 nitrogen and oxygen atoms in total. The van der Waals surface area contributed by atoms with E-state index in [-0.39, 0.29) is 17.7 Å². The highest BCUT2D eigenvalue weighted by Gasteiger charge is 2.44. The standard InChI is InChI=1S/C16H24N2O5/c19-14(17-6-8-23-9-7-17)11-2-1-5-18(10-11)15(20)12-3-4-13(12)16(21)22/h11-13H,1-10H2,(H,21,22). The van der Waals surface area contributed by atoms with Gasteiger partial charge in [-0.2, -0.15) is 0 Å². The molecule has 128 valence electrons. The summed E-state index contributed by atoms with van der Waals surface area (Å²) in [6.07, 6.45) is 2.83. The molecule has 3 rings (SSSR count). The molecule has 0 aromatic heterocycles. The van der Waals surface area contributed by atoms with Crippen molar-refractivity contribution in [3.05, 3.63) is 0 Å². The number of likely N-dealkylation sites (tertiary alicyclic amines) is 1. The van der Waals surface area contributed by atoms with E-state index in [4.69, 9.17) is 9.84 Å². The summed E-state index contributed by atoms with van der Waals surface area (Å²) in [5, 5.41) is 9.12. The number of hydrogen-bond donors (Lipinski definition) is 1. The van der Waals surface area contributed by atoms with Gasteiger partial charge < -0.3 is 19.6 Å². The summed E-state index contributed by atoms with van der Waals surface area (Å²) >= 11 is 0. The number of amides is 2. The number of carbonyl (C=O) groups excluding carboxylic acids is 2. The first-order valence-electron chi connectivity index (χ1n) is 8.46. The van der Waals surface area contributed by atoms with Crippen molar-refractivity contribution in [2.45, 2.75) is 25.7 Å². The first kappa shape index (κ1) is 16.2. The molecular weight excluding hydrogens is 300 g/mol. The van der Waals surface area contributed by atoms with Crippen molar-refractivity contribution in [3.63, 3.8) is 0 Å². The van der Waals surface area contributed by atoms with E-state index >= 15 is 0 Å². The van der Waals surface area contributed by atoms with Crippen LogP contribution >= 0.6 is 0 Å². The molecule has 0 radical (unpaired) electrons. The van der Waals surface area contributed by atoms with Crippen molar-refractivity contribution < 1.29 is 24.2 Å². The van der Waals surface area contributed by atoms with Crippen LogP contribution in [0.1, 0.15) is 25.7 Å². The predicted octanol–water partition coefficient (Wildman–Crippen LogP) is 0.195. The number of rotatable bonds is 3. The third kappa shape index (κ3) is 3.34. The van der Waals surface area contributed by atoms with Crippen LogP contribution in [0.3, 0.4) is 0 Å². The minimum Gasteiger partial charge on any atom is -0.481 e. The molecule has 3 atom stereocenters. The van der Waals surface area contributed by atoms with Gasteiger partial charge in [-0.25, -0.2) is 0 Å². The van der Waals surface area contributed by atoms with Crippen LogP contribution in [-0.4, -0.2) is 72.1 Å². The normalized spacial score (nSPS) is 31.4. The maximum Gasteiger partial charge on any atom is 0.307 e. The van der Waals surface area contributed by atoms with Crippen LogP contribution in [0.4, 0.5) is 0 Å². The van der Waals surface area contributed by atoms with Gasteiger partial charge in [0.15, 0.2) is 0 Å².